The van der Waals surface area contributed by atoms with Crippen molar-refractivity contribution in [3.8, 4) is 0 Å². The van der Waals surface area contributed by atoms with E-state index in [-0.39, 0.29) is 5.91 Å². The molecule has 2 rings (SSSR count). The number of carbonyl (C=O) groups excluding carboxylic acids is 1. The minimum absolute atomic E-state index is 0.223. The van der Waals surface area contributed by atoms with Crippen molar-refractivity contribution >= 4 is 27.7 Å². The molecule has 0 fully saturated rings. The van der Waals surface area contributed by atoms with Crippen LogP contribution in [0.1, 0.15) is 10.4 Å². The summed E-state index contributed by atoms with van der Waals surface area (Å²) in [5.74, 6) is 0.335. The Labute approximate surface area is 94.0 Å². The second-order valence-electron chi connectivity index (χ2n) is 2.79. The molecule has 2 N–H and O–H groups in total. The molecule has 0 aromatic carbocycles. The van der Waals surface area contributed by atoms with E-state index in [0.29, 0.717) is 16.0 Å². The van der Waals surface area contributed by atoms with E-state index >= 15 is 0 Å². The zero-order valence-corrected chi connectivity index (χ0v) is 9.15. The van der Waals surface area contributed by atoms with Gasteiger partial charge in [0.15, 0.2) is 0 Å². The van der Waals surface area contributed by atoms with Crippen LogP contribution in [-0.2, 0) is 0 Å². The predicted octanol–water partition coefficient (Wildman–Crippen LogP) is 1.82. The van der Waals surface area contributed by atoms with Gasteiger partial charge in [0.2, 0.25) is 0 Å². The molecular weight excluding hydrogens is 260 g/mol. The lowest BCUT2D eigenvalue weighted by Gasteiger charge is -2.01. The number of rotatable bonds is 2. The van der Waals surface area contributed by atoms with Crippen LogP contribution in [0.25, 0.3) is 0 Å². The van der Waals surface area contributed by atoms with Crippen molar-refractivity contribution in [1.29, 1.82) is 0 Å². The van der Waals surface area contributed by atoms with Gasteiger partial charge in [0.05, 0.1) is 11.8 Å². The zero-order chi connectivity index (χ0) is 10.7. The van der Waals surface area contributed by atoms with E-state index in [1.807, 2.05) is 0 Å². The number of anilines is 1. The van der Waals surface area contributed by atoms with Gasteiger partial charge in [-0.2, -0.15) is 5.10 Å². The van der Waals surface area contributed by atoms with Crippen LogP contribution < -0.4 is 5.32 Å². The Hall–Kier alpha value is -1.69. The van der Waals surface area contributed by atoms with Gasteiger partial charge >= 0.3 is 0 Å². The average molecular weight is 267 g/mol. The quantitative estimate of drug-likeness (QED) is 0.815. The van der Waals surface area contributed by atoms with Crippen LogP contribution in [0.3, 0.4) is 0 Å². The third kappa shape index (κ3) is 2.41. The number of nitrogens with one attached hydrogen (secondary N) is 2. The molecule has 5 nitrogen and oxygen atoms in total. The minimum atomic E-state index is -0.223. The van der Waals surface area contributed by atoms with Gasteiger partial charge in [0, 0.05) is 12.3 Å². The van der Waals surface area contributed by atoms with E-state index < -0.39 is 0 Å². The molecule has 0 aliphatic carbocycles. The number of aromatic amines is 1. The van der Waals surface area contributed by atoms with Gasteiger partial charge in [-0.15, -0.1) is 0 Å². The predicted molar refractivity (Wildman–Crippen MR) is 58.5 cm³/mol. The highest BCUT2D eigenvalue weighted by molar-refractivity contribution is 9.10. The Kier molecular flexibility index (Phi) is 2.77. The Morgan fingerprint density at radius 2 is 2.27 bits per heavy atom. The van der Waals surface area contributed by atoms with E-state index in [1.54, 1.807) is 24.4 Å². The Balaban J connectivity index is 2.11. The molecule has 0 saturated heterocycles. The number of hydrogen-bond donors (Lipinski definition) is 2. The number of halogens is 1. The third-order valence-corrected chi connectivity index (χ3v) is 2.21. The molecular formula is C9H7BrN4O. The molecule has 6 heteroatoms. The Morgan fingerprint density at radius 1 is 1.40 bits per heavy atom. The maximum Gasteiger partial charge on any atom is 0.258 e. The first-order valence-corrected chi connectivity index (χ1v) is 4.97. The van der Waals surface area contributed by atoms with Crippen molar-refractivity contribution in [2.24, 2.45) is 0 Å². The lowest BCUT2D eigenvalue weighted by molar-refractivity contribution is 0.102. The number of carbonyl (C=O) groups is 1. The zero-order valence-electron chi connectivity index (χ0n) is 7.57. The molecule has 1 amide bonds. The standard InChI is InChI=1S/C9H7BrN4O/c10-7-2-1-6(5-11-7)9(15)13-8-3-4-12-14-8/h1-5H,(H2,12,13,14,15). The highest BCUT2D eigenvalue weighted by atomic mass is 79.9. The third-order valence-electron chi connectivity index (χ3n) is 1.74. The number of aromatic nitrogens is 3. The fourth-order valence-electron chi connectivity index (χ4n) is 1.03. The molecule has 2 heterocycles. The molecule has 0 atom stereocenters. The maximum atomic E-state index is 11.6. The lowest BCUT2D eigenvalue weighted by Crippen LogP contribution is -2.12. The van der Waals surface area contributed by atoms with E-state index in [9.17, 15) is 4.79 Å². The van der Waals surface area contributed by atoms with Crippen LogP contribution in [0.15, 0.2) is 35.2 Å². The van der Waals surface area contributed by atoms with E-state index in [1.165, 1.54) is 6.20 Å². The van der Waals surface area contributed by atoms with Crippen LogP contribution in [0.4, 0.5) is 5.82 Å². The van der Waals surface area contributed by atoms with Crippen molar-refractivity contribution in [2.75, 3.05) is 5.32 Å². The van der Waals surface area contributed by atoms with Gasteiger partial charge in [-0.3, -0.25) is 9.89 Å². The second-order valence-corrected chi connectivity index (χ2v) is 3.61. The molecule has 0 unspecified atom stereocenters. The molecule has 76 valence electrons. The summed E-state index contributed by atoms with van der Waals surface area (Å²) in [6, 6.07) is 5.06. The average Bonchev–Trinajstić information content (AvgIpc) is 2.71. The maximum absolute atomic E-state index is 11.6. The van der Waals surface area contributed by atoms with Gasteiger partial charge in [-0.25, -0.2) is 4.98 Å². The second kappa shape index (κ2) is 4.22. The highest BCUT2D eigenvalue weighted by Gasteiger charge is 2.06. The normalized spacial score (nSPS) is 9.93. The summed E-state index contributed by atoms with van der Waals surface area (Å²) >= 11 is 3.20. The molecule has 0 aliphatic heterocycles. The van der Waals surface area contributed by atoms with Crippen LogP contribution in [-0.4, -0.2) is 21.1 Å². The highest BCUT2D eigenvalue weighted by Crippen LogP contribution is 2.08. The van der Waals surface area contributed by atoms with E-state index in [4.69, 9.17) is 0 Å². The minimum Gasteiger partial charge on any atom is -0.307 e. The molecule has 0 spiro atoms. The van der Waals surface area contributed by atoms with Gasteiger partial charge in [0.1, 0.15) is 10.4 Å². The van der Waals surface area contributed by atoms with Crippen LogP contribution in [0.5, 0.6) is 0 Å². The first-order chi connectivity index (χ1) is 7.25. The number of H-pyrrole nitrogens is 1. The molecule has 0 bridgehead atoms. The first-order valence-electron chi connectivity index (χ1n) is 4.18. The molecule has 2 aromatic rings. The van der Waals surface area contributed by atoms with Crippen LogP contribution in [0, 0.1) is 0 Å². The van der Waals surface area contributed by atoms with Gasteiger partial charge < -0.3 is 5.32 Å². The summed E-state index contributed by atoms with van der Waals surface area (Å²) in [6.45, 7) is 0. The summed E-state index contributed by atoms with van der Waals surface area (Å²) in [6.07, 6.45) is 3.06. The largest absolute Gasteiger partial charge is 0.307 e. The smallest absolute Gasteiger partial charge is 0.258 e. The van der Waals surface area contributed by atoms with Gasteiger partial charge in [-0.05, 0) is 28.1 Å². The SMILES string of the molecule is O=C(Nc1ccn[nH]1)c1ccc(Br)nc1. The number of hydrogen-bond acceptors (Lipinski definition) is 3. The first kappa shape index (κ1) is 9.85. The van der Waals surface area contributed by atoms with E-state index in [2.05, 4.69) is 36.4 Å². The lowest BCUT2D eigenvalue weighted by atomic mass is 10.3. The molecule has 2 aromatic heterocycles. The van der Waals surface area contributed by atoms with Crippen molar-refractivity contribution in [2.45, 2.75) is 0 Å². The Bertz CT molecular complexity index is 451. The van der Waals surface area contributed by atoms with E-state index in [0.717, 1.165) is 0 Å². The summed E-state index contributed by atoms with van der Waals surface area (Å²) in [7, 11) is 0. The van der Waals surface area contributed by atoms with Crippen molar-refractivity contribution in [3.63, 3.8) is 0 Å². The van der Waals surface area contributed by atoms with Crippen LogP contribution >= 0.6 is 15.9 Å². The fraction of sp³-hybridized carbons (Fsp3) is 0. The summed E-state index contributed by atoms with van der Waals surface area (Å²) in [5.41, 5.74) is 0.493. The molecule has 0 saturated carbocycles. The number of pyridine rings is 1. The molecule has 0 aliphatic rings. The summed E-state index contributed by atoms with van der Waals surface area (Å²) in [4.78, 5) is 15.6. The van der Waals surface area contributed by atoms with Crippen molar-refractivity contribution < 1.29 is 4.79 Å². The summed E-state index contributed by atoms with van der Waals surface area (Å²) < 4.78 is 0.695. The Morgan fingerprint density at radius 3 is 2.87 bits per heavy atom. The van der Waals surface area contributed by atoms with Crippen LogP contribution in [0.2, 0.25) is 0 Å². The summed E-state index contributed by atoms with van der Waals surface area (Å²) in [5, 5.41) is 9.00. The molecule has 0 radical (unpaired) electrons. The number of nitrogens with zero attached hydrogens (tertiary/aromatic N) is 2. The van der Waals surface area contributed by atoms with Gasteiger partial charge in [-0.1, -0.05) is 0 Å². The monoisotopic (exact) mass is 266 g/mol. The number of amides is 1. The topological polar surface area (TPSA) is 70.7 Å². The fourth-order valence-corrected chi connectivity index (χ4v) is 1.26. The van der Waals surface area contributed by atoms with Crippen molar-refractivity contribution in [1.82, 2.24) is 15.2 Å². The van der Waals surface area contributed by atoms with Gasteiger partial charge in [0.25, 0.3) is 5.91 Å². The van der Waals surface area contributed by atoms with Crippen molar-refractivity contribution in [3.05, 3.63) is 40.8 Å². The molecule has 15 heavy (non-hydrogen) atoms.